The van der Waals surface area contributed by atoms with E-state index >= 15 is 0 Å². The molecule has 1 aliphatic heterocycles. The smallest absolute Gasteiger partial charge is 0.142 e. The number of aromatic nitrogens is 1. The van der Waals surface area contributed by atoms with Crippen molar-refractivity contribution in [1.29, 1.82) is 5.26 Å². The van der Waals surface area contributed by atoms with E-state index in [9.17, 15) is 0 Å². The fraction of sp³-hybridized carbons (Fsp3) is 0.500. The topological polar surface area (TPSA) is 49.2 Å². The van der Waals surface area contributed by atoms with Crippen molar-refractivity contribution in [3.63, 3.8) is 0 Å². The van der Waals surface area contributed by atoms with Gasteiger partial charge in [0.15, 0.2) is 0 Å². The Labute approximate surface area is 95.5 Å². The number of pyridine rings is 1. The highest BCUT2D eigenvalue weighted by Crippen LogP contribution is 2.17. The average molecular weight is 217 g/mol. The zero-order chi connectivity index (χ0) is 11.4. The molecule has 2 heterocycles. The van der Waals surface area contributed by atoms with Gasteiger partial charge >= 0.3 is 0 Å². The Bertz CT molecular complexity index is 399. The summed E-state index contributed by atoms with van der Waals surface area (Å²) in [5.74, 6) is 0. The lowest BCUT2D eigenvalue weighted by Crippen LogP contribution is -2.30. The van der Waals surface area contributed by atoms with Crippen LogP contribution in [0.3, 0.4) is 0 Å². The molecule has 1 aromatic rings. The number of rotatable bonds is 1. The quantitative estimate of drug-likeness (QED) is 0.716. The van der Waals surface area contributed by atoms with Crippen LogP contribution in [0, 0.1) is 11.3 Å². The second kappa shape index (κ2) is 4.95. The Morgan fingerprint density at radius 2 is 2.50 bits per heavy atom. The highest BCUT2D eigenvalue weighted by atomic mass is 16.5. The Morgan fingerprint density at radius 1 is 1.62 bits per heavy atom. The van der Waals surface area contributed by atoms with Crippen LogP contribution < -0.4 is 4.90 Å². The van der Waals surface area contributed by atoms with Crippen molar-refractivity contribution in [3.05, 3.63) is 24.0 Å². The molecule has 1 aromatic heterocycles. The first-order valence-corrected chi connectivity index (χ1v) is 5.52. The maximum absolute atomic E-state index is 8.81. The van der Waals surface area contributed by atoms with Crippen molar-refractivity contribution in [3.8, 4) is 6.07 Å². The van der Waals surface area contributed by atoms with Crippen LogP contribution in [0.1, 0.15) is 19.0 Å². The van der Waals surface area contributed by atoms with Crippen LogP contribution in [0.5, 0.6) is 0 Å². The molecule has 2 rings (SSSR count). The normalized spacial score (nSPS) is 21.2. The highest BCUT2D eigenvalue weighted by Gasteiger charge is 2.15. The molecule has 1 saturated heterocycles. The fourth-order valence-corrected chi connectivity index (χ4v) is 1.91. The van der Waals surface area contributed by atoms with Crippen molar-refractivity contribution in [2.24, 2.45) is 0 Å². The molecule has 0 amide bonds. The molecule has 0 N–H and O–H groups in total. The Kier molecular flexibility index (Phi) is 3.37. The van der Waals surface area contributed by atoms with Gasteiger partial charge in [0.25, 0.3) is 0 Å². The molecule has 0 aliphatic carbocycles. The Hall–Kier alpha value is -1.60. The van der Waals surface area contributed by atoms with Crippen LogP contribution in [-0.4, -0.2) is 30.8 Å². The lowest BCUT2D eigenvalue weighted by atomic mass is 10.2. The van der Waals surface area contributed by atoms with E-state index in [1.807, 2.05) is 12.1 Å². The summed E-state index contributed by atoms with van der Waals surface area (Å²) in [5.41, 5.74) is 1.53. The molecule has 4 nitrogen and oxygen atoms in total. The number of ether oxygens (including phenoxy) is 1. The number of anilines is 1. The third kappa shape index (κ3) is 2.50. The third-order valence-corrected chi connectivity index (χ3v) is 2.68. The third-order valence-electron chi connectivity index (χ3n) is 2.68. The van der Waals surface area contributed by atoms with E-state index in [-0.39, 0.29) is 6.10 Å². The van der Waals surface area contributed by atoms with Gasteiger partial charge in [-0.15, -0.1) is 0 Å². The van der Waals surface area contributed by atoms with Gasteiger partial charge in [-0.25, -0.2) is 4.98 Å². The first kappa shape index (κ1) is 10.9. The largest absolute Gasteiger partial charge is 0.377 e. The van der Waals surface area contributed by atoms with E-state index in [0.29, 0.717) is 5.69 Å². The number of hydrogen-bond donors (Lipinski definition) is 0. The van der Waals surface area contributed by atoms with Crippen LogP contribution in [0.4, 0.5) is 5.69 Å². The van der Waals surface area contributed by atoms with Gasteiger partial charge in [0.2, 0.25) is 0 Å². The molecule has 1 atom stereocenters. The summed E-state index contributed by atoms with van der Waals surface area (Å²) in [5, 5.41) is 8.81. The second-order valence-electron chi connectivity index (χ2n) is 3.99. The van der Waals surface area contributed by atoms with Crippen LogP contribution in [0.25, 0.3) is 0 Å². The van der Waals surface area contributed by atoms with E-state index in [1.54, 1.807) is 6.20 Å². The number of hydrogen-bond acceptors (Lipinski definition) is 4. The van der Waals surface area contributed by atoms with E-state index < -0.39 is 0 Å². The fourth-order valence-electron chi connectivity index (χ4n) is 1.91. The number of nitrogens with zero attached hydrogens (tertiary/aromatic N) is 3. The predicted octanol–water partition coefficient (Wildman–Crippen LogP) is 1.57. The van der Waals surface area contributed by atoms with Crippen LogP contribution in [0.15, 0.2) is 18.3 Å². The van der Waals surface area contributed by atoms with Gasteiger partial charge in [-0.05, 0) is 25.5 Å². The van der Waals surface area contributed by atoms with Crippen molar-refractivity contribution in [2.45, 2.75) is 19.4 Å². The molecular formula is C12H15N3O. The van der Waals surface area contributed by atoms with Crippen LogP contribution in [0.2, 0.25) is 0 Å². The predicted molar refractivity (Wildman–Crippen MR) is 61.2 cm³/mol. The summed E-state index contributed by atoms with van der Waals surface area (Å²) in [6, 6.07) is 5.84. The molecule has 0 aromatic carbocycles. The molecular weight excluding hydrogens is 202 g/mol. The standard InChI is InChI=1S/C12H15N3O/c1-10-9-15(5-2-6-16-10)12-3-4-14-11(7-12)8-13/h3-4,7,10H,2,5-6,9H2,1H3. The second-order valence-corrected chi connectivity index (χ2v) is 3.99. The van der Waals surface area contributed by atoms with E-state index in [4.69, 9.17) is 10.00 Å². The lowest BCUT2D eigenvalue weighted by molar-refractivity contribution is 0.0821. The van der Waals surface area contributed by atoms with E-state index in [1.165, 1.54) is 0 Å². The minimum absolute atomic E-state index is 0.237. The van der Waals surface area contributed by atoms with Crippen LogP contribution >= 0.6 is 0 Å². The molecule has 1 unspecified atom stereocenters. The van der Waals surface area contributed by atoms with E-state index in [0.717, 1.165) is 31.8 Å². The zero-order valence-corrected chi connectivity index (χ0v) is 9.39. The molecule has 0 radical (unpaired) electrons. The van der Waals surface area contributed by atoms with E-state index in [2.05, 4.69) is 22.9 Å². The molecule has 0 bridgehead atoms. The summed E-state index contributed by atoms with van der Waals surface area (Å²) in [4.78, 5) is 6.23. The molecule has 4 heteroatoms. The zero-order valence-electron chi connectivity index (χ0n) is 9.39. The minimum atomic E-state index is 0.237. The maximum atomic E-state index is 8.81. The molecule has 0 spiro atoms. The molecule has 1 aliphatic rings. The van der Waals surface area contributed by atoms with Gasteiger partial charge in [0.05, 0.1) is 6.10 Å². The van der Waals surface area contributed by atoms with Gasteiger partial charge in [-0.2, -0.15) is 5.26 Å². The average Bonchev–Trinajstić information content (AvgIpc) is 2.54. The SMILES string of the molecule is CC1CN(c2ccnc(C#N)c2)CCCO1. The lowest BCUT2D eigenvalue weighted by Gasteiger charge is -2.24. The van der Waals surface area contributed by atoms with Gasteiger partial charge in [-0.3, -0.25) is 0 Å². The van der Waals surface area contributed by atoms with Gasteiger partial charge < -0.3 is 9.64 Å². The highest BCUT2D eigenvalue weighted by molar-refractivity contribution is 5.48. The molecule has 0 saturated carbocycles. The van der Waals surface area contributed by atoms with Crippen molar-refractivity contribution in [2.75, 3.05) is 24.6 Å². The Morgan fingerprint density at radius 3 is 3.31 bits per heavy atom. The molecule has 84 valence electrons. The first-order chi connectivity index (χ1) is 7.79. The summed E-state index contributed by atoms with van der Waals surface area (Å²) < 4.78 is 5.59. The Balaban J connectivity index is 2.18. The molecule has 1 fully saturated rings. The monoisotopic (exact) mass is 217 g/mol. The minimum Gasteiger partial charge on any atom is -0.377 e. The summed E-state index contributed by atoms with van der Waals surface area (Å²) in [7, 11) is 0. The van der Waals surface area contributed by atoms with Crippen LogP contribution in [-0.2, 0) is 4.74 Å². The van der Waals surface area contributed by atoms with Gasteiger partial charge in [0.1, 0.15) is 11.8 Å². The summed E-state index contributed by atoms with van der Waals surface area (Å²) >= 11 is 0. The van der Waals surface area contributed by atoms with Gasteiger partial charge in [-0.1, -0.05) is 0 Å². The first-order valence-electron chi connectivity index (χ1n) is 5.52. The van der Waals surface area contributed by atoms with Crippen molar-refractivity contribution in [1.82, 2.24) is 4.98 Å². The van der Waals surface area contributed by atoms with Gasteiger partial charge in [0, 0.05) is 31.6 Å². The molecule has 16 heavy (non-hydrogen) atoms. The summed E-state index contributed by atoms with van der Waals surface area (Å²) in [6.07, 6.45) is 2.94. The maximum Gasteiger partial charge on any atom is 0.142 e. The number of nitriles is 1. The van der Waals surface area contributed by atoms with Crippen molar-refractivity contribution < 1.29 is 4.74 Å². The van der Waals surface area contributed by atoms with Crippen molar-refractivity contribution >= 4 is 5.69 Å². The summed E-state index contributed by atoms with van der Waals surface area (Å²) in [6.45, 7) is 4.73.